The number of rotatable bonds is 4. The zero-order chi connectivity index (χ0) is 19.6. The molecule has 3 rings (SSSR count). The average Bonchev–Trinajstić information content (AvgIpc) is 3.00. The smallest absolute Gasteiger partial charge is 0.409 e. The number of aryl methyl sites for hydroxylation is 2. The van der Waals surface area contributed by atoms with Gasteiger partial charge in [-0.2, -0.15) is 0 Å². The Kier molecular flexibility index (Phi) is 5.86. The fourth-order valence-electron chi connectivity index (χ4n) is 2.79. The zero-order valence-corrected chi connectivity index (χ0v) is 16.2. The van der Waals surface area contributed by atoms with Crippen molar-refractivity contribution in [2.45, 2.75) is 38.7 Å². The van der Waals surface area contributed by atoms with Crippen molar-refractivity contribution in [2.75, 3.05) is 0 Å². The Morgan fingerprint density at radius 2 is 1.93 bits per heavy atom. The van der Waals surface area contributed by atoms with Gasteiger partial charge < -0.3 is 4.74 Å². The standard InChI is InChI=1S/C17H17Cl2N3O5/c1-3-14(23)26-27-17(24)15-16(20-21-22(15)2)25-11-5-4-9-7-12(18)13(19)8-10(9)6-11/h7-8,11H,3-6H2,1-2H3. The molecule has 0 spiro atoms. The van der Waals surface area contributed by atoms with E-state index in [2.05, 4.69) is 20.1 Å². The zero-order valence-electron chi connectivity index (χ0n) is 14.7. The Morgan fingerprint density at radius 1 is 1.22 bits per heavy atom. The Bertz CT molecular complexity index is 884. The van der Waals surface area contributed by atoms with Crippen molar-refractivity contribution in [1.29, 1.82) is 0 Å². The highest BCUT2D eigenvalue weighted by molar-refractivity contribution is 6.42. The van der Waals surface area contributed by atoms with Gasteiger partial charge in [0.2, 0.25) is 5.69 Å². The number of aromatic nitrogens is 3. The van der Waals surface area contributed by atoms with Crippen molar-refractivity contribution in [3.8, 4) is 5.88 Å². The van der Waals surface area contributed by atoms with Gasteiger partial charge in [0, 0.05) is 19.9 Å². The first-order valence-corrected chi connectivity index (χ1v) is 9.09. The van der Waals surface area contributed by atoms with Gasteiger partial charge in [-0.3, -0.25) is 0 Å². The summed E-state index contributed by atoms with van der Waals surface area (Å²) in [5.41, 5.74) is 2.11. The molecule has 10 heteroatoms. The lowest BCUT2D eigenvalue weighted by Gasteiger charge is -2.25. The van der Waals surface area contributed by atoms with E-state index < -0.39 is 11.9 Å². The second-order valence-electron chi connectivity index (χ2n) is 6.06. The van der Waals surface area contributed by atoms with E-state index in [9.17, 15) is 9.59 Å². The van der Waals surface area contributed by atoms with E-state index in [1.54, 1.807) is 6.92 Å². The summed E-state index contributed by atoms with van der Waals surface area (Å²) in [5.74, 6) is -1.56. The number of ether oxygens (including phenoxy) is 1. The molecule has 1 aliphatic rings. The molecule has 0 radical (unpaired) electrons. The Balaban J connectivity index is 1.72. The molecule has 0 saturated carbocycles. The van der Waals surface area contributed by atoms with Gasteiger partial charge in [0.05, 0.1) is 10.0 Å². The lowest BCUT2D eigenvalue weighted by Crippen LogP contribution is -2.26. The number of carbonyl (C=O) groups is 2. The number of halogens is 2. The molecule has 2 aromatic rings. The normalized spacial score (nSPS) is 15.8. The molecule has 0 amide bonds. The molecule has 0 aliphatic heterocycles. The SMILES string of the molecule is CCC(=O)OOC(=O)c1c(OC2CCc3cc(Cl)c(Cl)cc3C2)nnn1C. The molecule has 1 heterocycles. The monoisotopic (exact) mass is 413 g/mol. The van der Waals surface area contributed by atoms with E-state index >= 15 is 0 Å². The molecule has 1 aromatic heterocycles. The first-order chi connectivity index (χ1) is 12.9. The van der Waals surface area contributed by atoms with Crippen LogP contribution in [0.5, 0.6) is 5.88 Å². The first kappa shape index (κ1) is 19.4. The summed E-state index contributed by atoms with van der Waals surface area (Å²) in [4.78, 5) is 32.3. The maximum Gasteiger partial charge on any atom is 0.409 e. The molecule has 0 saturated heterocycles. The van der Waals surface area contributed by atoms with Crippen molar-refractivity contribution < 1.29 is 24.1 Å². The van der Waals surface area contributed by atoms with Gasteiger partial charge in [-0.15, -0.1) is 0 Å². The Labute approximate surface area is 165 Å². The molecule has 8 nitrogen and oxygen atoms in total. The van der Waals surface area contributed by atoms with Crippen LogP contribution in [0.1, 0.15) is 41.4 Å². The van der Waals surface area contributed by atoms with Gasteiger partial charge in [-0.05, 0) is 36.1 Å². The maximum atomic E-state index is 12.2. The van der Waals surface area contributed by atoms with E-state index in [1.807, 2.05) is 12.1 Å². The molecule has 1 aliphatic carbocycles. The van der Waals surface area contributed by atoms with Crippen LogP contribution in [0, 0.1) is 0 Å². The second-order valence-corrected chi connectivity index (χ2v) is 6.88. The Morgan fingerprint density at radius 3 is 2.63 bits per heavy atom. The van der Waals surface area contributed by atoms with Crippen molar-refractivity contribution >= 4 is 35.1 Å². The molecular formula is C17H17Cl2N3O5. The highest BCUT2D eigenvalue weighted by Crippen LogP contribution is 2.32. The highest BCUT2D eigenvalue weighted by Gasteiger charge is 2.28. The van der Waals surface area contributed by atoms with Gasteiger partial charge >= 0.3 is 11.9 Å². The molecule has 0 N–H and O–H groups in total. The van der Waals surface area contributed by atoms with Gasteiger partial charge in [-0.25, -0.2) is 24.0 Å². The van der Waals surface area contributed by atoms with Crippen LogP contribution in [0.3, 0.4) is 0 Å². The fourth-order valence-corrected chi connectivity index (χ4v) is 3.17. The largest absolute Gasteiger partial charge is 0.471 e. The predicted octanol–water partition coefficient (Wildman–Crippen LogP) is 3.08. The number of benzene rings is 1. The predicted molar refractivity (Wildman–Crippen MR) is 95.7 cm³/mol. The summed E-state index contributed by atoms with van der Waals surface area (Å²) in [7, 11) is 1.51. The summed E-state index contributed by atoms with van der Waals surface area (Å²) in [6, 6.07) is 3.69. The highest BCUT2D eigenvalue weighted by atomic mass is 35.5. The van der Waals surface area contributed by atoms with E-state index in [0.717, 1.165) is 17.5 Å². The maximum absolute atomic E-state index is 12.2. The minimum Gasteiger partial charge on any atom is -0.471 e. The number of carbonyl (C=O) groups excluding carboxylic acids is 2. The van der Waals surface area contributed by atoms with Gasteiger partial charge in [-0.1, -0.05) is 40.4 Å². The van der Waals surface area contributed by atoms with E-state index in [1.165, 1.54) is 11.7 Å². The van der Waals surface area contributed by atoms with Crippen LogP contribution in [0.4, 0.5) is 0 Å². The molecule has 0 bridgehead atoms. The number of nitrogens with zero attached hydrogens (tertiary/aromatic N) is 3. The molecule has 27 heavy (non-hydrogen) atoms. The summed E-state index contributed by atoms with van der Waals surface area (Å²) in [6.45, 7) is 1.58. The molecule has 0 fully saturated rings. The van der Waals surface area contributed by atoms with Crippen LogP contribution in [0.25, 0.3) is 0 Å². The second kappa shape index (κ2) is 8.14. The third-order valence-electron chi connectivity index (χ3n) is 4.19. The molecule has 1 atom stereocenters. The average molecular weight is 414 g/mol. The van der Waals surface area contributed by atoms with Crippen molar-refractivity contribution in [2.24, 2.45) is 7.05 Å². The van der Waals surface area contributed by atoms with Crippen LogP contribution in [0.15, 0.2) is 12.1 Å². The number of fused-ring (bicyclic) bond motifs is 1. The lowest BCUT2D eigenvalue weighted by atomic mass is 9.90. The van der Waals surface area contributed by atoms with Gasteiger partial charge in [0.1, 0.15) is 6.10 Å². The fraction of sp³-hybridized carbons (Fsp3) is 0.412. The summed E-state index contributed by atoms with van der Waals surface area (Å²) >= 11 is 12.2. The Hall–Kier alpha value is -2.32. The van der Waals surface area contributed by atoms with Gasteiger partial charge in [0.25, 0.3) is 5.88 Å². The molecule has 144 valence electrons. The summed E-state index contributed by atoms with van der Waals surface area (Å²) < 4.78 is 7.08. The lowest BCUT2D eigenvalue weighted by molar-refractivity contribution is -0.233. The van der Waals surface area contributed by atoms with Crippen molar-refractivity contribution in [3.63, 3.8) is 0 Å². The first-order valence-electron chi connectivity index (χ1n) is 8.33. The van der Waals surface area contributed by atoms with Crippen LogP contribution in [-0.4, -0.2) is 33.0 Å². The summed E-state index contributed by atoms with van der Waals surface area (Å²) in [6.07, 6.45) is 1.90. The topological polar surface area (TPSA) is 92.5 Å². The summed E-state index contributed by atoms with van der Waals surface area (Å²) in [5, 5.41) is 8.66. The van der Waals surface area contributed by atoms with E-state index in [4.69, 9.17) is 27.9 Å². The minimum absolute atomic E-state index is 0.0172. The molecule has 1 aromatic carbocycles. The molecular weight excluding hydrogens is 397 g/mol. The van der Waals surface area contributed by atoms with E-state index in [0.29, 0.717) is 22.9 Å². The number of hydrogen-bond acceptors (Lipinski definition) is 7. The van der Waals surface area contributed by atoms with Crippen LogP contribution < -0.4 is 4.74 Å². The van der Waals surface area contributed by atoms with Crippen molar-refractivity contribution in [3.05, 3.63) is 39.0 Å². The molecule has 1 unspecified atom stereocenters. The third kappa shape index (κ3) is 4.33. The van der Waals surface area contributed by atoms with Crippen LogP contribution in [0.2, 0.25) is 10.0 Å². The quantitative estimate of drug-likeness (QED) is 0.561. The van der Waals surface area contributed by atoms with Crippen LogP contribution in [-0.2, 0) is 34.5 Å². The van der Waals surface area contributed by atoms with Gasteiger partial charge in [0.15, 0.2) is 0 Å². The van der Waals surface area contributed by atoms with Crippen molar-refractivity contribution in [1.82, 2.24) is 15.0 Å². The number of hydrogen-bond donors (Lipinski definition) is 0. The third-order valence-corrected chi connectivity index (χ3v) is 4.91. The van der Waals surface area contributed by atoms with E-state index in [-0.39, 0.29) is 24.1 Å². The minimum atomic E-state index is -0.912. The van der Waals surface area contributed by atoms with Crippen LogP contribution >= 0.6 is 23.2 Å².